The minimum atomic E-state index is -0.351. The minimum Gasteiger partial charge on any atom is -0.329 e. The molecule has 0 radical (unpaired) electrons. The van der Waals surface area contributed by atoms with Crippen LogP contribution in [0.25, 0.3) is 0 Å². The van der Waals surface area contributed by atoms with Gasteiger partial charge in [-0.15, -0.1) is 0 Å². The number of aryl methyl sites for hydroxylation is 2. The highest BCUT2D eigenvalue weighted by molar-refractivity contribution is 5.47. The Morgan fingerprint density at radius 1 is 1.33 bits per heavy atom. The number of hydrogen-bond donors (Lipinski definition) is 0. The molecule has 0 aliphatic heterocycles. The Labute approximate surface area is 104 Å². The predicted octanol–water partition coefficient (Wildman–Crippen LogP) is 2.16. The van der Waals surface area contributed by atoms with Gasteiger partial charge in [0.2, 0.25) is 0 Å². The Morgan fingerprint density at radius 2 is 2.06 bits per heavy atom. The van der Waals surface area contributed by atoms with Crippen molar-refractivity contribution in [2.75, 3.05) is 0 Å². The molecule has 0 saturated heterocycles. The van der Waals surface area contributed by atoms with E-state index in [-0.39, 0.29) is 10.6 Å². The van der Waals surface area contributed by atoms with Crippen molar-refractivity contribution in [2.24, 2.45) is 0 Å². The number of rotatable bonds is 3. The second kappa shape index (κ2) is 4.56. The van der Waals surface area contributed by atoms with Gasteiger partial charge in [0.05, 0.1) is 22.7 Å². The molecule has 0 unspecified atom stereocenters. The molecule has 18 heavy (non-hydrogen) atoms. The van der Waals surface area contributed by atoms with Crippen LogP contribution in [0.1, 0.15) is 22.6 Å². The third-order valence-corrected chi connectivity index (χ3v) is 3.00. The zero-order chi connectivity index (χ0) is 13.3. The summed E-state index contributed by atoms with van der Waals surface area (Å²) in [4.78, 5) is 19.1. The summed E-state index contributed by atoms with van der Waals surface area (Å²) in [7, 11) is 0. The van der Waals surface area contributed by atoms with E-state index < -0.39 is 0 Å². The van der Waals surface area contributed by atoms with Gasteiger partial charge in [-0.25, -0.2) is 4.98 Å². The average Bonchev–Trinajstić information content (AvgIpc) is 2.68. The summed E-state index contributed by atoms with van der Waals surface area (Å²) >= 11 is 0. The molecule has 0 bridgehead atoms. The lowest BCUT2D eigenvalue weighted by Gasteiger charge is -2.09. The molecule has 0 aliphatic rings. The second-order valence-electron chi connectivity index (χ2n) is 4.22. The van der Waals surface area contributed by atoms with E-state index in [0.29, 0.717) is 23.4 Å². The molecule has 0 spiro atoms. The van der Waals surface area contributed by atoms with Crippen molar-refractivity contribution in [1.82, 2.24) is 14.5 Å². The van der Waals surface area contributed by atoms with E-state index in [0.717, 1.165) is 5.82 Å². The fourth-order valence-corrected chi connectivity index (χ4v) is 1.94. The molecule has 0 atom stereocenters. The van der Waals surface area contributed by atoms with Crippen LogP contribution in [0.3, 0.4) is 0 Å². The van der Waals surface area contributed by atoms with Crippen molar-refractivity contribution in [1.29, 1.82) is 0 Å². The van der Waals surface area contributed by atoms with Crippen molar-refractivity contribution in [3.05, 3.63) is 51.4 Å². The normalized spacial score (nSPS) is 10.6. The first-order valence-corrected chi connectivity index (χ1v) is 5.58. The summed E-state index contributed by atoms with van der Waals surface area (Å²) in [5, 5.41) is 11.0. The molecule has 0 aromatic carbocycles. The fourth-order valence-electron chi connectivity index (χ4n) is 1.94. The Morgan fingerprint density at radius 3 is 2.61 bits per heavy atom. The Hall–Kier alpha value is -2.24. The highest BCUT2D eigenvalue weighted by Crippen LogP contribution is 2.24. The van der Waals surface area contributed by atoms with E-state index in [4.69, 9.17) is 0 Å². The standard InChI is InChI=1S/C12H14N4O2/c1-8-6-14-11(9(2)12(8)16(17)18)7-15-5-4-13-10(15)3/h4-6H,7H2,1-3H3. The monoisotopic (exact) mass is 246 g/mol. The van der Waals surface area contributed by atoms with Gasteiger partial charge in [-0.3, -0.25) is 15.1 Å². The van der Waals surface area contributed by atoms with Crippen LogP contribution < -0.4 is 0 Å². The van der Waals surface area contributed by atoms with Gasteiger partial charge in [0.15, 0.2) is 0 Å². The molecule has 0 aliphatic carbocycles. The van der Waals surface area contributed by atoms with Crippen molar-refractivity contribution >= 4 is 5.69 Å². The minimum absolute atomic E-state index is 0.151. The molecule has 6 heteroatoms. The summed E-state index contributed by atoms with van der Waals surface area (Å²) < 4.78 is 1.91. The van der Waals surface area contributed by atoms with Crippen LogP contribution in [0.4, 0.5) is 5.69 Å². The van der Waals surface area contributed by atoms with E-state index in [1.807, 2.05) is 17.7 Å². The lowest BCUT2D eigenvalue weighted by Crippen LogP contribution is -2.07. The van der Waals surface area contributed by atoms with Crippen LogP contribution in [0, 0.1) is 30.9 Å². The maximum atomic E-state index is 11.0. The van der Waals surface area contributed by atoms with Crippen LogP contribution in [0.15, 0.2) is 18.6 Å². The molecular formula is C12H14N4O2. The van der Waals surface area contributed by atoms with Gasteiger partial charge < -0.3 is 4.57 Å². The number of imidazole rings is 1. The smallest absolute Gasteiger partial charge is 0.278 e. The Balaban J connectivity index is 2.44. The predicted molar refractivity (Wildman–Crippen MR) is 66.4 cm³/mol. The highest BCUT2D eigenvalue weighted by atomic mass is 16.6. The fraction of sp³-hybridized carbons (Fsp3) is 0.333. The average molecular weight is 246 g/mol. The van der Waals surface area contributed by atoms with Gasteiger partial charge in [0.1, 0.15) is 5.82 Å². The maximum absolute atomic E-state index is 11.0. The van der Waals surface area contributed by atoms with Gasteiger partial charge >= 0.3 is 0 Å². The van der Waals surface area contributed by atoms with Gasteiger partial charge in [0.25, 0.3) is 5.69 Å². The van der Waals surface area contributed by atoms with Crippen molar-refractivity contribution < 1.29 is 4.92 Å². The van der Waals surface area contributed by atoms with E-state index >= 15 is 0 Å². The summed E-state index contributed by atoms with van der Waals surface area (Å²) in [6.45, 7) is 5.82. The molecule has 2 heterocycles. The SMILES string of the molecule is Cc1cnc(Cn2ccnc2C)c(C)c1[N+](=O)[O-]. The third kappa shape index (κ3) is 2.09. The van der Waals surface area contributed by atoms with Gasteiger partial charge in [0, 0.05) is 24.2 Å². The zero-order valence-corrected chi connectivity index (χ0v) is 10.5. The summed E-state index contributed by atoms with van der Waals surface area (Å²) in [5.41, 5.74) is 2.06. The first-order valence-electron chi connectivity index (χ1n) is 5.58. The molecule has 2 aromatic rings. The Kier molecular flexibility index (Phi) is 3.10. The topological polar surface area (TPSA) is 73.8 Å². The van der Waals surface area contributed by atoms with E-state index in [1.165, 1.54) is 0 Å². The zero-order valence-electron chi connectivity index (χ0n) is 10.5. The molecule has 0 N–H and O–H groups in total. The van der Waals surface area contributed by atoms with Crippen molar-refractivity contribution in [3.8, 4) is 0 Å². The van der Waals surface area contributed by atoms with Crippen LogP contribution in [-0.2, 0) is 6.54 Å². The number of nitro groups is 1. The molecule has 2 aromatic heterocycles. The summed E-state index contributed by atoms with van der Waals surface area (Å²) in [6, 6.07) is 0. The number of hydrogen-bond acceptors (Lipinski definition) is 4. The maximum Gasteiger partial charge on any atom is 0.278 e. The van der Waals surface area contributed by atoms with Crippen molar-refractivity contribution in [3.63, 3.8) is 0 Å². The van der Waals surface area contributed by atoms with E-state index in [1.54, 1.807) is 26.2 Å². The quantitative estimate of drug-likeness (QED) is 0.614. The third-order valence-electron chi connectivity index (χ3n) is 3.00. The number of aromatic nitrogens is 3. The summed E-state index contributed by atoms with van der Waals surface area (Å²) in [6.07, 6.45) is 5.09. The summed E-state index contributed by atoms with van der Waals surface area (Å²) in [5.74, 6) is 0.861. The Bertz CT molecular complexity index is 604. The molecule has 2 rings (SSSR count). The van der Waals surface area contributed by atoms with Crippen molar-refractivity contribution in [2.45, 2.75) is 27.3 Å². The molecule has 0 saturated carbocycles. The lowest BCUT2D eigenvalue weighted by molar-refractivity contribution is -0.386. The van der Waals surface area contributed by atoms with Crippen LogP contribution in [0.2, 0.25) is 0 Å². The lowest BCUT2D eigenvalue weighted by atomic mass is 10.1. The van der Waals surface area contributed by atoms with Gasteiger partial charge in [-0.1, -0.05) is 0 Å². The second-order valence-corrected chi connectivity index (χ2v) is 4.22. The highest BCUT2D eigenvalue weighted by Gasteiger charge is 2.18. The molecule has 0 fully saturated rings. The van der Waals surface area contributed by atoms with Crippen LogP contribution in [-0.4, -0.2) is 19.5 Å². The molecule has 0 amide bonds. The van der Waals surface area contributed by atoms with E-state index in [9.17, 15) is 10.1 Å². The molecule has 94 valence electrons. The van der Waals surface area contributed by atoms with Gasteiger partial charge in [-0.05, 0) is 20.8 Å². The number of nitrogens with zero attached hydrogens (tertiary/aromatic N) is 4. The largest absolute Gasteiger partial charge is 0.329 e. The van der Waals surface area contributed by atoms with Gasteiger partial charge in [-0.2, -0.15) is 0 Å². The van der Waals surface area contributed by atoms with E-state index in [2.05, 4.69) is 9.97 Å². The van der Waals surface area contributed by atoms with Crippen LogP contribution >= 0.6 is 0 Å². The molecular weight excluding hydrogens is 232 g/mol. The number of pyridine rings is 1. The first-order chi connectivity index (χ1) is 8.50. The van der Waals surface area contributed by atoms with Crippen LogP contribution in [0.5, 0.6) is 0 Å². The first kappa shape index (κ1) is 12.2. The molecule has 6 nitrogen and oxygen atoms in total.